The molecule has 1 unspecified atom stereocenters. The summed E-state index contributed by atoms with van der Waals surface area (Å²) in [5.41, 5.74) is -0.0312. The van der Waals surface area contributed by atoms with E-state index in [1.807, 2.05) is 18.7 Å². The van der Waals surface area contributed by atoms with Gasteiger partial charge in [0.15, 0.2) is 0 Å². The molecule has 2 amide bonds. The van der Waals surface area contributed by atoms with Gasteiger partial charge in [-0.3, -0.25) is 9.59 Å². The summed E-state index contributed by atoms with van der Waals surface area (Å²) in [6.45, 7) is 6.72. The van der Waals surface area contributed by atoms with Crippen LogP contribution in [-0.2, 0) is 9.59 Å². The minimum absolute atomic E-state index is 0.00569. The van der Waals surface area contributed by atoms with Crippen molar-refractivity contribution in [1.82, 2.24) is 10.2 Å². The number of hydrogen-bond donors (Lipinski definition) is 1. The lowest BCUT2D eigenvalue weighted by molar-refractivity contribution is -0.139. The third-order valence-corrected chi connectivity index (χ3v) is 4.41. The largest absolute Gasteiger partial charge is 0.344 e. The average molecular weight is 252 g/mol. The maximum Gasteiger partial charge on any atom is 0.245 e. The molecule has 0 radical (unpaired) electrons. The molecule has 1 saturated heterocycles. The van der Waals surface area contributed by atoms with Crippen LogP contribution >= 0.6 is 0 Å². The van der Waals surface area contributed by atoms with Crippen molar-refractivity contribution < 1.29 is 9.59 Å². The number of carbonyl (C=O) groups is 2. The third-order valence-electron chi connectivity index (χ3n) is 4.41. The van der Waals surface area contributed by atoms with Crippen molar-refractivity contribution >= 4 is 11.8 Å². The lowest BCUT2D eigenvalue weighted by Crippen LogP contribution is -2.54. The van der Waals surface area contributed by atoms with Gasteiger partial charge >= 0.3 is 0 Å². The molecule has 4 nitrogen and oxygen atoms in total. The zero-order valence-electron chi connectivity index (χ0n) is 11.7. The lowest BCUT2D eigenvalue weighted by Gasteiger charge is -2.39. The van der Waals surface area contributed by atoms with Crippen LogP contribution in [-0.4, -0.2) is 34.8 Å². The molecule has 1 heterocycles. The Kier molecular flexibility index (Phi) is 3.64. The van der Waals surface area contributed by atoms with Crippen LogP contribution in [0.4, 0.5) is 0 Å². The van der Waals surface area contributed by atoms with Crippen LogP contribution in [0.15, 0.2) is 0 Å². The summed E-state index contributed by atoms with van der Waals surface area (Å²) in [6, 6.07) is -0.350. The molecule has 2 rings (SSSR count). The first-order valence-corrected chi connectivity index (χ1v) is 7.05. The predicted octanol–water partition coefficient (Wildman–Crippen LogP) is 1.69. The summed E-state index contributed by atoms with van der Waals surface area (Å²) in [5.74, 6) is 0.262. The van der Waals surface area contributed by atoms with Crippen molar-refractivity contribution in [2.24, 2.45) is 5.92 Å². The minimum Gasteiger partial charge on any atom is -0.344 e. The molecule has 2 fully saturated rings. The molecule has 0 spiro atoms. The Hall–Kier alpha value is -1.06. The molecular weight excluding hydrogens is 228 g/mol. The first-order chi connectivity index (χ1) is 8.44. The first-order valence-electron chi connectivity index (χ1n) is 7.05. The Morgan fingerprint density at radius 1 is 1.28 bits per heavy atom. The van der Waals surface area contributed by atoms with E-state index >= 15 is 0 Å². The first kappa shape index (κ1) is 13.4. The molecule has 0 aromatic carbocycles. The second-order valence-electron chi connectivity index (χ2n) is 6.23. The lowest BCUT2D eigenvalue weighted by atomic mass is 9.95. The SMILES string of the molecule is CC(C)C1NC(=O)CCN(C2(C)CCCC2)C1=O. The van der Waals surface area contributed by atoms with Crippen LogP contribution in [0.2, 0.25) is 0 Å². The van der Waals surface area contributed by atoms with E-state index in [0.29, 0.717) is 13.0 Å². The highest BCUT2D eigenvalue weighted by molar-refractivity contribution is 5.90. The molecule has 1 aliphatic carbocycles. The summed E-state index contributed by atoms with van der Waals surface area (Å²) in [7, 11) is 0. The Labute approximate surface area is 109 Å². The van der Waals surface area contributed by atoms with Crippen molar-refractivity contribution in [3.05, 3.63) is 0 Å². The summed E-state index contributed by atoms with van der Waals surface area (Å²) < 4.78 is 0. The second-order valence-corrected chi connectivity index (χ2v) is 6.23. The maximum atomic E-state index is 12.6. The van der Waals surface area contributed by atoms with Gasteiger partial charge in [-0.15, -0.1) is 0 Å². The van der Waals surface area contributed by atoms with Crippen LogP contribution in [0, 0.1) is 5.92 Å². The molecular formula is C14H24N2O2. The van der Waals surface area contributed by atoms with Gasteiger partial charge in [-0.1, -0.05) is 26.7 Å². The van der Waals surface area contributed by atoms with E-state index in [-0.39, 0.29) is 29.3 Å². The fourth-order valence-electron chi connectivity index (χ4n) is 3.19. The van der Waals surface area contributed by atoms with Gasteiger partial charge in [-0.2, -0.15) is 0 Å². The van der Waals surface area contributed by atoms with Crippen molar-refractivity contribution in [2.75, 3.05) is 6.54 Å². The summed E-state index contributed by atoms with van der Waals surface area (Å²) in [5, 5.41) is 2.87. The molecule has 0 aromatic heterocycles. The molecule has 4 heteroatoms. The van der Waals surface area contributed by atoms with Crippen molar-refractivity contribution in [3.63, 3.8) is 0 Å². The van der Waals surface area contributed by atoms with E-state index in [2.05, 4.69) is 12.2 Å². The number of hydrogen-bond acceptors (Lipinski definition) is 2. The second kappa shape index (κ2) is 4.90. The average Bonchev–Trinajstić information content (AvgIpc) is 2.66. The molecule has 1 N–H and O–H groups in total. The minimum atomic E-state index is -0.350. The standard InChI is InChI=1S/C14H24N2O2/c1-10(2)12-13(18)16(9-6-11(17)15-12)14(3)7-4-5-8-14/h10,12H,4-9H2,1-3H3,(H,15,17). The van der Waals surface area contributed by atoms with E-state index in [0.717, 1.165) is 12.8 Å². The monoisotopic (exact) mass is 252 g/mol. The van der Waals surface area contributed by atoms with E-state index in [1.165, 1.54) is 12.8 Å². The van der Waals surface area contributed by atoms with Gasteiger partial charge in [0.25, 0.3) is 0 Å². The Morgan fingerprint density at radius 3 is 2.44 bits per heavy atom. The van der Waals surface area contributed by atoms with Gasteiger partial charge in [0.05, 0.1) is 0 Å². The van der Waals surface area contributed by atoms with Crippen molar-refractivity contribution in [3.8, 4) is 0 Å². The highest BCUT2D eigenvalue weighted by Crippen LogP contribution is 2.36. The predicted molar refractivity (Wildman–Crippen MR) is 70.0 cm³/mol. The molecule has 0 aromatic rings. The van der Waals surface area contributed by atoms with Crippen molar-refractivity contribution in [2.45, 2.75) is 64.5 Å². The molecule has 1 atom stereocenters. The third kappa shape index (κ3) is 2.38. The topological polar surface area (TPSA) is 49.4 Å². The van der Waals surface area contributed by atoms with Gasteiger partial charge in [-0.05, 0) is 25.7 Å². The summed E-state index contributed by atoms with van der Waals surface area (Å²) >= 11 is 0. The fraction of sp³-hybridized carbons (Fsp3) is 0.857. The fourth-order valence-corrected chi connectivity index (χ4v) is 3.19. The maximum absolute atomic E-state index is 12.6. The molecule has 0 bridgehead atoms. The normalized spacial score (nSPS) is 28.4. The molecule has 1 aliphatic heterocycles. The number of nitrogens with one attached hydrogen (secondary N) is 1. The highest BCUT2D eigenvalue weighted by atomic mass is 16.2. The smallest absolute Gasteiger partial charge is 0.245 e. The van der Waals surface area contributed by atoms with Crippen LogP contribution in [0.25, 0.3) is 0 Å². The van der Waals surface area contributed by atoms with Gasteiger partial charge in [0.1, 0.15) is 6.04 Å². The van der Waals surface area contributed by atoms with Crippen molar-refractivity contribution in [1.29, 1.82) is 0 Å². The quantitative estimate of drug-likeness (QED) is 0.813. The van der Waals surface area contributed by atoms with Crippen LogP contribution in [0.1, 0.15) is 52.9 Å². The Balaban J connectivity index is 2.23. The highest BCUT2D eigenvalue weighted by Gasteiger charge is 2.42. The van der Waals surface area contributed by atoms with Gasteiger partial charge in [0.2, 0.25) is 11.8 Å². The van der Waals surface area contributed by atoms with Crippen LogP contribution in [0.3, 0.4) is 0 Å². The Bertz CT molecular complexity index is 346. The van der Waals surface area contributed by atoms with Crippen LogP contribution < -0.4 is 5.32 Å². The number of carbonyl (C=O) groups excluding carboxylic acids is 2. The van der Waals surface area contributed by atoms with E-state index in [4.69, 9.17) is 0 Å². The summed E-state index contributed by atoms with van der Waals surface area (Å²) in [6.07, 6.45) is 4.95. The molecule has 2 aliphatic rings. The Morgan fingerprint density at radius 2 is 1.89 bits per heavy atom. The zero-order valence-corrected chi connectivity index (χ0v) is 11.7. The zero-order chi connectivity index (χ0) is 13.3. The van der Waals surface area contributed by atoms with E-state index in [1.54, 1.807) is 0 Å². The van der Waals surface area contributed by atoms with Gasteiger partial charge in [0, 0.05) is 18.5 Å². The van der Waals surface area contributed by atoms with Gasteiger partial charge in [-0.25, -0.2) is 0 Å². The van der Waals surface area contributed by atoms with E-state index in [9.17, 15) is 9.59 Å². The molecule has 102 valence electrons. The summed E-state index contributed by atoms with van der Waals surface area (Å²) in [4.78, 5) is 26.3. The van der Waals surface area contributed by atoms with Gasteiger partial charge < -0.3 is 10.2 Å². The molecule has 1 saturated carbocycles. The number of rotatable bonds is 2. The van der Waals surface area contributed by atoms with Crippen LogP contribution in [0.5, 0.6) is 0 Å². The number of nitrogens with zero attached hydrogens (tertiary/aromatic N) is 1. The molecule has 18 heavy (non-hydrogen) atoms. The van der Waals surface area contributed by atoms with E-state index < -0.39 is 0 Å². The number of amides is 2.